The number of terminal acetylenes is 1. The van der Waals surface area contributed by atoms with Gasteiger partial charge >= 0.3 is 0 Å². The molecular weight excluding hydrogens is 310 g/mol. The summed E-state index contributed by atoms with van der Waals surface area (Å²) >= 11 is 7.70. The number of hydrogen-bond donors (Lipinski definition) is 1. The second-order valence-corrected chi connectivity index (χ2v) is 5.89. The van der Waals surface area contributed by atoms with Gasteiger partial charge in [-0.15, -0.1) is 19.1 Å². The minimum Gasteiger partial charge on any atom is -0.327 e. The van der Waals surface area contributed by atoms with Gasteiger partial charge in [0.15, 0.2) is 0 Å². The van der Waals surface area contributed by atoms with Crippen molar-refractivity contribution >= 4 is 34.5 Å². The average Bonchev–Trinajstić information content (AvgIpc) is 3.11. The van der Waals surface area contributed by atoms with Gasteiger partial charge in [-0.05, 0) is 37.0 Å². The largest absolute Gasteiger partial charge is 0.327 e. The number of benzene rings is 1. The summed E-state index contributed by atoms with van der Waals surface area (Å²) < 4.78 is 0.912. The molecular formula is C14H14BrNOS. The van der Waals surface area contributed by atoms with Gasteiger partial charge in [-0.3, -0.25) is 4.79 Å². The van der Waals surface area contributed by atoms with E-state index >= 15 is 0 Å². The molecule has 4 heteroatoms. The van der Waals surface area contributed by atoms with Crippen molar-refractivity contribution in [1.29, 1.82) is 0 Å². The normalized spacial score (nSPS) is 14.1. The Morgan fingerprint density at radius 3 is 2.83 bits per heavy atom. The van der Waals surface area contributed by atoms with Crippen LogP contribution < -0.4 is 0 Å². The zero-order chi connectivity index (χ0) is 13.1. The number of rotatable bonds is 4. The molecule has 0 saturated heterocycles. The van der Waals surface area contributed by atoms with Crippen LogP contribution in [0, 0.1) is 18.3 Å². The minimum absolute atomic E-state index is 0.0302. The fraction of sp³-hybridized carbons (Fsp3) is 0.357. The van der Waals surface area contributed by atoms with Crippen molar-refractivity contribution < 1.29 is 4.79 Å². The molecule has 18 heavy (non-hydrogen) atoms. The van der Waals surface area contributed by atoms with Crippen LogP contribution in [0.1, 0.15) is 23.2 Å². The van der Waals surface area contributed by atoms with Crippen LogP contribution in [-0.4, -0.2) is 23.9 Å². The van der Waals surface area contributed by atoms with Gasteiger partial charge in [0.2, 0.25) is 0 Å². The van der Waals surface area contributed by atoms with Crippen molar-refractivity contribution in [3.05, 3.63) is 28.2 Å². The molecule has 0 bridgehead atoms. The van der Waals surface area contributed by atoms with Gasteiger partial charge in [0.1, 0.15) is 0 Å². The Kier molecular flexibility index (Phi) is 4.36. The monoisotopic (exact) mass is 323 g/mol. The first-order valence-electron chi connectivity index (χ1n) is 5.83. The molecule has 1 fully saturated rings. The molecule has 1 aromatic rings. The molecule has 1 aliphatic rings. The van der Waals surface area contributed by atoms with Crippen molar-refractivity contribution in [2.75, 3.05) is 13.1 Å². The molecule has 0 atom stereocenters. The molecule has 1 amide bonds. The van der Waals surface area contributed by atoms with E-state index in [1.165, 1.54) is 12.8 Å². The Morgan fingerprint density at radius 1 is 1.56 bits per heavy atom. The third-order valence-corrected chi connectivity index (χ3v) is 3.80. The van der Waals surface area contributed by atoms with Gasteiger partial charge in [0.25, 0.3) is 5.91 Å². The van der Waals surface area contributed by atoms with Crippen LogP contribution in [0.15, 0.2) is 27.6 Å². The first-order chi connectivity index (χ1) is 8.61. The van der Waals surface area contributed by atoms with Crippen LogP contribution in [0.5, 0.6) is 0 Å². The SMILES string of the molecule is C#CCN(CC1CC1)C(=O)c1ccc(Br)cc1S. The molecule has 1 aliphatic carbocycles. The Hall–Kier alpha value is -0.920. The van der Waals surface area contributed by atoms with E-state index < -0.39 is 0 Å². The highest BCUT2D eigenvalue weighted by Crippen LogP contribution is 2.30. The van der Waals surface area contributed by atoms with Gasteiger partial charge in [-0.1, -0.05) is 21.9 Å². The summed E-state index contributed by atoms with van der Waals surface area (Å²) in [6, 6.07) is 5.45. The number of amides is 1. The van der Waals surface area contributed by atoms with Crippen LogP contribution >= 0.6 is 28.6 Å². The van der Waals surface area contributed by atoms with E-state index in [2.05, 4.69) is 34.5 Å². The minimum atomic E-state index is -0.0302. The van der Waals surface area contributed by atoms with Crippen LogP contribution in [-0.2, 0) is 0 Å². The fourth-order valence-corrected chi connectivity index (χ4v) is 2.64. The molecule has 0 aromatic heterocycles. The van der Waals surface area contributed by atoms with E-state index in [-0.39, 0.29) is 5.91 Å². The van der Waals surface area contributed by atoms with Crippen molar-refractivity contribution in [2.45, 2.75) is 17.7 Å². The number of nitrogens with zero attached hydrogens (tertiary/aromatic N) is 1. The maximum Gasteiger partial charge on any atom is 0.255 e. The Bertz CT molecular complexity index is 505. The summed E-state index contributed by atoms with van der Waals surface area (Å²) in [7, 11) is 0. The van der Waals surface area contributed by atoms with Crippen molar-refractivity contribution in [3.8, 4) is 12.3 Å². The van der Waals surface area contributed by atoms with Gasteiger partial charge < -0.3 is 4.90 Å². The molecule has 0 spiro atoms. The summed E-state index contributed by atoms with van der Waals surface area (Å²) in [6.45, 7) is 1.12. The summed E-state index contributed by atoms with van der Waals surface area (Å²) in [6.07, 6.45) is 7.73. The lowest BCUT2D eigenvalue weighted by Crippen LogP contribution is -2.33. The van der Waals surface area contributed by atoms with Crippen molar-refractivity contribution in [1.82, 2.24) is 4.90 Å². The van der Waals surface area contributed by atoms with Gasteiger partial charge in [-0.25, -0.2) is 0 Å². The fourth-order valence-electron chi connectivity index (χ4n) is 1.80. The molecule has 0 radical (unpaired) electrons. The first kappa shape index (κ1) is 13.5. The van der Waals surface area contributed by atoms with Crippen LogP contribution in [0.4, 0.5) is 0 Å². The lowest BCUT2D eigenvalue weighted by molar-refractivity contribution is 0.0766. The standard InChI is InChI=1S/C14H14BrNOS/c1-2-7-16(9-10-3-4-10)14(17)12-6-5-11(15)8-13(12)18/h1,5-6,8,10,18H,3-4,7,9H2. The van der Waals surface area contributed by atoms with Crippen LogP contribution in [0.2, 0.25) is 0 Å². The summed E-state index contributed by atoms with van der Waals surface area (Å²) in [4.78, 5) is 14.8. The predicted molar refractivity (Wildman–Crippen MR) is 78.9 cm³/mol. The number of halogens is 1. The molecule has 2 nitrogen and oxygen atoms in total. The second-order valence-electron chi connectivity index (χ2n) is 4.49. The molecule has 1 aromatic carbocycles. The van der Waals surface area contributed by atoms with Crippen molar-refractivity contribution in [2.24, 2.45) is 5.92 Å². The molecule has 0 unspecified atom stereocenters. The average molecular weight is 324 g/mol. The van der Waals surface area contributed by atoms with E-state index in [1.807, 2.05) is 12.1 Å². The van der Waals surface area contributed by atoms with E-state index in [4.69, 9.17) is 6.42 Å². The lowest BCUT2D eigenvalue weighted by atomic mass is 10.2. The van der Waals surface area contributed by atoms with Gasteiger partial charge in [0, 0.05) is 15.9 Å². The van der Waals surface area contributed by atoms with E-state index in [9.17, 15) is 4.79 Å². The molecule has 94 valence electrons. The van der Waals surface area contributed by atoms with Crippen LogP contribution in [0.25, 0.3) is 0 Å². The Labute approximate surface area is 121 Å². The van der Waals surface area contributed by atoms with Crippen LogP contribution in [0.3, 0.4) is 0 Å². The lowest BCUT2D eigenvalue weighted by Gasteiger charge is -2.21. The molecule has 1 saturated carbocycles. The molecule has 0 N–H and O–H groups in total. The maximum absolute atomic E-state index is 12.4. The molecule has 2 rings (SSSR count). The smallest absolute Gasteiger partial charge is 0.255 e. The number of hydrogen-bond acceptors (Lipinski definition) is 2. The first-order valence-corrected chi connectivity index (χ1v) is 7.07. The highest BCUT2D eigenvalue weighted by atomic mass is 79.9. The third kappa shape index (κ3) is 3.30. The topological polar surface area (TPSA) is 20.3 Å². The van der Waals surface area contributed by atoms with E-state index in [1.54, 1.807) is 11.0 Å². The summed E-state index contributed by atoms with van der Waals surface area (Å²) in [5.74, 6) is 3.15. The Balaban J connectivity index is 2.18. The zero-order valence-electron chi connectivity index (χ0n) is 9.90. The number of thiol groups is 1. The maximum atomic E-state index is 12.4. The molecule has 0 aliphatic heterocycles. The number of carbonyl (C=O) groups is 1. The highest BCUT2D eigenvalue weighted by Gasteiger charge is 2.27. The Morgan fingerprint density at radius 2 is 2.28 bits per heavy atom. The van der Waals surface area contributed by atoms with Gasteiger partial charge in [0.05, 0.1) is 12.1 Å². The van der Waals surface area contributed by atoms with E-state index in [0.29, 0.717) is 22.9 Å². The van der Waals surface area contributed by atoms with E-state index in [0.717, 1.165) is 11.0 Å². The summed E-state index contributed by atoms with van der Waals surface area (Å²) in [5.41, 5.74) is 0.609. The quantitative estimate of drug-likeness (QED) is 0.666. The third-order valence-electron chi connectivity index (χ3n) is 2.94. The second kappa shape index (κ2) is 5.81. The van der Waals surface area contributed by atoms with Crippen molar-refractivity contribution in [3.63, 3.8) is 0 Å². The highest BCUT2D eigenvalue weighted by molar-refractivity contribution is 9.10. The summed E-state index contributed by atoms with van der Waals surface area (Å²) in [5, 5.41) is 0. The number of carbonyl (C=O) groups excluding carboxylic acids is 1. The predicted octanol–water partition coefficient (Wildman–Crippen LogP) is 3.22. The molecule has 0 heterocycles. The zero-order valence-corrected chi connectivity index (χ0v) is 12.4. The van der Waals surface area contributed by atoms with Gasteiger partial charge in [-0.2, -0.15) is 0 Å².